The second-order valence-electron chi connectivity index (χ2n) is 3.36. The minimum absolute atomic E-state index is 0.0219. The molecule has 1 unspecified atom stereocenters. The third kappa shape index (κ3) is 1.21. The molecule has 0 bridgehead atoms. The van der Waals surface area contributed by atoms with Gasteiger partial charge in [-0.1, -0.05) is 0 Å². The van der Waals surface area contributed by atoms with Crippen LogP contribution in [0, 0.1) is 0 Å². The van der Waals surface area contributed by atoms with Crippen LogP contribution in [-0.4, -0.2) is 23.5 Å². The summed E-state index contributed by atoms with van der Waals surface area (Å²) < 4.78 is 0. The second kappa shape index (κ2) is 2.94. The quantitative estimate of drug-likeness (QED) is 0.571. The lowest BCUT2D eigenvalue weighted by Gasteiger charge is -2.17. The molecule has 72 valence electrons. The van der Waals surface area contributed by atoms with Gasteiger partial charge in [0.1, 0.15) is 11.4 Å². The Morgan fingerprint density at radius 2 is 1.93 bits per heavy atom. The van der Waals surface area contributed by atoms with E-state index >= 15 is 0 Å². The zero-order chi connectivity index (χ0) is 10.3. The van der Waals surface area contributed by atoms with Gasteiger partial charge in [0.25, 0.3) is 5.91 Å². The van der Waals surface area contributed by atoms with Crippen LogP contribution >= 0.6 is 0 Å². The van der Waals surface area contributed by atoms with Crippen LogP contribution in [0.2, 0.25) is 0 Å². The van der Waals surface area contributed by atoms with Crippen LogP contribution < -0.4 is 0 Å². The van der Waals surface area contributed by atoms with Gasteiger partial charge in [0.2, 0.25) is 5.84 Å². The molecule has 0 aromatic heterocycles. The molecular formula is C9H10N4O. The lowest BCUT2D eigenvalue weighted by molar-refractivity contribution is -0.111. The number of amides is 1. The summed E-state index contributed by atoms with van der Waals surface area (Å²) in [6.07, 6.45) is 0. The van der Waals surface area contributed by atoms with Gasteiger partial charge in [-0.3, -0.25) is 4.79 Å². The Labute approximate surface area is 81.4 Å². The Morgan fingerprint density at radius 1 is 1.21 bits per heavy atom. The number of fused-ring (bicyclic) bond motifs is 1. The number of hydrogen-bond acceptors (Lipinski definition) is 4. The van der Waals surface area contributed by atoms with Gasteiger partial charge < -0.3 is 0 Å². The summed E-state index contributed by atoms with van der Waals surface area (Å²) in [5, 5.41) is 7.83. The highest BCUT2D eigenvalue weighted by molar-refractivity contribution is 6.42. The zero-order valence-corrected chi connectivity index (χ0v) is 8.27. The molecule has 14 heavy (non-hydrogen) atoms. The van der Waals surface area contributed by atoms with E-state index in [2.05, 4.69) is 20.2 Å². The maximum absolute atomic E-state index is 11.2. The van der Waals surface area contributed by atoms with Crippen molar-refractivity contribution in [2.24, 2.45) is 20.2 Å². The number of azo groups is 1. The Kier molecular flexibility index (Phi) is 1.87. The third-order valence-electron chi connectivity index (χ3n) is 2.33. The molecule has 0 saturated heterocycles. The van der Waals surface area contributed by atoms with Crippen LogP contribution in [0.25, 0.3) is 0 Å². The van der Waals surface area contributed by atoms with Crippen LogP contribution in [0.1, 0.15) is 20.8 Å². The van der Waals surface area contributed by atoms with Gasteiger partial charge in [0, 0.05) is 0 Å². The van der Waals surface area contributed by atoms with E-state index in [0.29, 0.717) is 17.2 Å². The Bertz CT molecular complexity index is 428. The van der Waals surface area contributed by atoms with E-state index in [0.717, 1.165) is 5.57 Å². The SMILES string of the molecule is CC1=NC2=C(C)C(C)N=NC2=NC1=O. The number of carbonyl (C=O) groups excluding carboxylic acids is 1. The Balaban J connectivity index is 2.55. The average Bonchev–Trinajstić information content (AvgIpc) is 2.15. The Hall–Kier alpha value is -1.65. The summed E-state index contributed by atoms with van der Waals surface area (Å²) in [6.45, 7) is 5.52. The van der Waals surface area contributed by atoms with Crippen LogP contribution in [0.3, 0.4) is 0 Å². The van der Waals surface area contributed by atoms with Crippen molar-refractivity contribution in [3.8, 4) is 0 Å². The van der Waals surface area contributed by atoms with E-state index in [1.54, 1.807) is 6.92 Å². The molecule has 2 heterocycles. The first-order chi connectivity index (χ1) is 6.59. The summed E-state index contributed by atoms with van der Waals surface area (Å²) in [6, 6.07) is 0.0219. The first-order valence-electron chi connectivity index (χ1n) is 4.40. The molecule has 0 spiro atoms. The number of hydrogen-bond donors (Lipinski definition) is 0. The molecule has 2 aliphatic rings. The standard InChI is InChI=1S/C9H10N4O/c1-4-5(2)12-13-8-7(4)10-6(3)9(14)11-8/h5H,1-3H3. The smallest absolute Gasteiger partial charge is 0.265 e. The molecule has 1 amide bonds. The summed E-state index contributed by atoms with van der Waals surface area (Å²) >= 11 is 0. The maximum atomic E-state index is 11.2. The van der Waals surface area contributed by atoms with Crippen molar-refractivity contribution in [3.63, 3.8) is 0 Å². The highest BCUT2D eigenvalue weighted by Crippen LogP contribution is 2.23. The molecule has 0 aliphatic carbocycles. The monoisotopic (exact) mass is 190 g/mol. The molecule has 2 rings (SSSR count). The molecule has 5 nitrogen and oxygen atoms in total. The lowest BCUT2D eigenvalue weighted by Crippen LogP contribution is -2.22. The summed E-state index contributed by atoms with van der Waals surface area (Å²) in [5.41, 5.74) is 2.11. The molecule has 2 aliphatic heterocycles. The first kappa shape index (κ1) is 8.93. The molecule has 1 atom stereocenters. The van der Waals surface area contributed by atoms with Crippen LogP contribution in [0.15, 0.2) is 31.5 Å². The Morgan fingerprint density at radius 3 is 2.64 bits per heavy atom. The number of amidine groups is 1. The minimum Gasteiger partial charge on any atom is -0.265 e. The fourth-order valence-corrected chi connectivity index (χ4v) is 1.26. The van der Waals surface area contributed by atoms with Crippen molar-refractivity contribution in [3.05, 3.63) is 11.3 Å². The van der Waals surface area contributed by atoms with E-state index < -0.39 is 0 Å². The molecule has 0 saturated carbocycles. The van der Waals surface area contributed by atoms with Gasteiger partial charge in [-0.15, -0.1) is 5.11 Å². The van der Waals surface area contributed by atoms with E-state index in [9.17, 15) is 4.79 Å². The molecule has 0 fully saturated rings. The molecule has 5 heteroatoms. The van der Waals surface area contributed by atoms with Crippen molar-refractivity contribution >= 4 is 17.5 Å². The van der Waals surface area contributed by atoms with E-state index in [1.807, 2.05) is 13.8 Å². The van der Waals surface area contributed by atoms with Crippen molar-refractivity contribution < 1.29 is 4.79 Å². The van der Waals surface area contributed by atoms with Gasteiger partial charge >= 0.3 is 0 Å². The van der Waals surface area contributed by atoms with Crippen LogP contribution in [0.5, 0.6) is 0 Å². The van der Waals surface area contributed by atoms with Crippen molar-refractivity contribution in [2.45, 2.75) is 26.8 Å². The van der Waals surface area contributed by atoms with Gasteiger partial charge in [0.05, 0.1) is 6.04 Å². The fourth-order valence-electron chi connectivity index (χ4n) is 1.26. The molecular weight excluding hydrogens is 180 g/mol. The molecule has 0 radical (unpaired) electrons. The predicted molar refractivity (Wildman–Crippen MR) is 52.6 cm³/mol. The highest BCUT2D eigenvalue weighted by Gasteiger charge is 2.24. The van der Waals surface area contributed by atoms with Crippen molar-refractivity contribution in [2.75, 3.05) is 0 Å². The van der Waals surface area contributed by atoms with Crippen molar-refractivity contribution in [1.29, 1.82) is 0 Å². The summed E-state index contributed by atoms with van der Waals surface area (Å²) in [5.74, 6) is 0.0150. The number of aliphatic imine (C=N–C) groups is 2. The number of carbonyl (C=O) groups is 1. The van der Waals surface area contributed by atoms with Crippen LogP contribution in [-0.2, 0) is 4.79 Å². The van der Waals surface area contributed by atoms with Gasteiger partial charge in [-0.2, -0.15) is 10.1 Å². The predicted octanol–water partition coefficient (Wildman–Crippen LogP) is 1.51. The number of rotatable bonds is 0. The zero-order valence-electron chi connectivity index (χ0n) is 8.27. The topological polar surface area (TPSA) is 66.5 Å². The van der Waals surface area contributed by atoms with Gasteiger partial charge in [-0.05, 0) is 26.3 Å². The van der Waals surface area contributed by atoms with Crippen LogP contribution in [0.4, 0.5) is 0 Å². The van der Waals surface area contributed by atoms with Gasteiger partial charge in [0.15, 0.2) is 0 Å². The maximum Gasteiger partial charge on any atom is 0.293 e. The number of nitrogens with zero attached hydrogens (tertiary/aromatic N) is 4. The first-order valence-corrected chi connectivity index (χ1v) is 4.40. The second-order valence-corrected chi connectivity index (χ2v) is 3.36. The summed E-state index contributed by atoms with van der Waals surface area (Å²) in [7, 11) is 0. The molecule has 0 N–H and O–H groups in total. The van der Waals surface area contributed by atoms with E-state index in [4.69, 9.17) is 0 Å². The highest BCUT2D eigenvalue weighted by atomic mass is 16.1. The average molecular weight is 190 g/mol. The van der Waals surface area contributed by atoms with E-state index in [-0.39, 0.29) is 11.9 Å². The largest absolute Gasteiger partial charge is 0.293 e. The van der Waals surface area contributed by atoms with Gasteiger partial charge in [-0.25, -0.2) is 4.99 Å². The summed E-state index contributed by atoms with van der Waals surface area (Å²) in [4.78, 5) is 19.2. The van der Waals surface area contributed by atoms with Crippen molar-refractivity contribution in [1.82, 2.24) is 0 Å². The lowest BCUT2D eigenvalue weighted by atomic mass is 10.1. The normalized spacial score (nSPS) is 25.9. The molecule has 0 aromatic carbocycles. The third-order valence-corrected chi connectivity index (χ3v) is 2.33. The molecule has 0 aromatic rings. The van der Waals surface area contributed by atoms with E-state index in [1.165, 1.54) is 0 Å². The minimum atomic E-state index is -0.329. The fraction of sp³-hybridized carbons (Fsp3) is 0.444.